The molecular weight excluding hydrogens is 264 g/mol. The number of phenolic OH excluding ortho intramolecular Hbond substituents is 1. The van der Waals surface area contributed by atoms with E-state index in [2.05, 4.69) is 4.90 Å². The molecular formula is C17H24N2O2. The van der Waals surface area contributed by atoms with E-state index in [0.717, 1.165) is 37.8 Å². The van der Waals surface area contributed by atoms with Gasteiger partial charge in [-0.25, -0.2) is 0 Å². The van der Waals surface area contributed by atoms with Gasteiger partial charge in [-0.2, -0.15) is 0 Å². The van der Waals surface area contributed by atoms with Crippen LogP contribution in [-0.4, -0.2) is 53.0 Å². The van der Waals surface area contributed by atoms with E-state index in [0.29, 0.717) is 6.42 Å². The molecule has 2 fully saturated rings. The zero-order valence-corrected chi connectivity index (χ0v) is 12.5. The maximum atomic E-state index is 12.3. The Morgan fingerprint density at radius 1 is 1.10 bits per heavy atom. The first-order valence-electron chi connectivity index (χ1n) is 8.03. The van der Waals surface area contributed by atoms with Gasteiger partial charge in [0.1, 0.15) is 5.75 Å². The molecule has 4 nitrogen and oxygen atoms in total. The molecule has 21 heavy (non-hydrogen) atoms. The summed E-state index contributed by atoms with van der Waals surface area (Å²) in [5, 5.41) is 9.76. The molecule has 1 N–H and O–H groups in total. The number of rotatable bonds is 3. The highest BCUT2D eigenvalue weighted by atomic mass is 16.3. The molecule has 0 radical (unpaired) electrons. The molecule has 0 spiro atoms. The van der Waals surface area contributed by atoms with Gasteiger partial charge < -0.3 is 10.0 Å². The number of hydrogen-bond acceptors (Lipinski definition) is 3. The van der Waals surface area contributed by atoms with Gasteiger partial charge in [0, 0.05) is 37.8 Å². The highest BCUT2D eigenvalue weighted by molar-refractivity contribution is 5.79. The summed E-state index contributed by atoms with van der Waals surface area (Å²) in [7, 11) is 0. The SMILES string of the molecule is O=C(Cc1ccccc1O)N1CCN(C2CCCC2)CC1. The Labute approximate surface area is 126 Å². The molecule has 1 saturated carbocycles. The fraction of sp³-hybridized carbons (Fsp3) is 0.588. The van der Waals surface area contributed by atoms with E-state index in [4.69, 9.17) is 0 Å². The largest absolute Gasteiger partial charge is 0.508 e. The van der Waals surface area contributed by atoms with Gasteiger partial charge in [-0.05, 0) is 18.9 Å². The lowest BCUT2D eigenvalue weighted by molar-refractivity contribution is -0.132. The second-order valence-electron chi connectivity index (χ2n) is 6.16. The van der Waals surface area contributed by atoms with Gasteiger partial charge in [0.05, 0.1) is 6.42 Å². The van der Waals surface area contributed by atoms with Crippen LogP contribution in [0, 0.1) is 0 Å². The van der Waals surface area contributed by atoms with Gasteiger partial charge in [-0.3, -0.25) is 9.69 Å². The van der Waals surface area contributed by atoms with Crippen LogP contribution in [0.4, 0.5) is 0 Å². The van der Waals surface area contributed by atoms with Crippen molar-refractivity contribution in [2.45, 2.75) is 38.1 Å². The summed E-state index contributed by atoms with van der Waals surface area (Å²) in [4.78, 5) is 16.8. The Morgan fingerprint density at radius 2 is 1.76 bits per heavy atom. The van der Waals surface area contributed by atoms with Crippen molar-refractivity contribution in [3.8, 4) is 5.75 Å². The van der Waals surface area contributed by atoms with Gasteiger partial charge in [0.2, 0.25) is 5.91 Å². The highest BCUT2D eigenvalue weighted by Crippen LogP contribution is 2.24. The van der Waals surface area contributed by atoms with Gasteiger partial charge >= 0.3 is 0 Å². The Kier molecular flexibility index (Phi) is 4.44. The summed E-state index contributed by atoms with van der Waals surface area (Å²) >= 11 is 0. The fourth-order valence-corrected chi connectivity index (χ4v) is 3.54. The number of carbonyl (C=O) groups is 1. The van der Waals surface area contributed by atoms with Crippen LogP contribution in [0.2, 0.25) is 0 Å². The van der Waals surface area contributed by atoms with E-state index in [1.807, 2.05) is 17.0 Å². The van der Waals surface area contributed by atoms with Crippen molar-refractivity contribution < 1.29 is 9.90 Å². The van der Waals surface area contributed by atoms with Crippen LogP contribution < -0.4 is 0 Å². The van der Waals surface area contributed by atoms with Crippen molar-refractivity contribution in [2.75, 3.05) is 26.2 Å². The third-order valence-corrected chi connectivity index (χ3v) is 4.84. The van der Waals surface area contributed by atoms with Gasteiger partial charge in [0.25, 0.3) is 0 Å². The topological polar surface area (TPSA) is 43.8 Å². The third-order valence-electron chi connectivity index (χ3n) is 4.84. The normalized spacial score (nSPS) is 20.9. The lowest BCUT2D eigenvalue weighted by Crippen LogP contribution is -2.51. The van der Waals surface area contributed by atoms with Gasteiger partial charge in [-0.1, -0.05) is 31.0 Å². The maximum absolute atomic E-state index is 12.3. The molecule has 1 aliphatic carbocycles. The molecule has 1 heterocycles. The summed E-state index contributed by atoms with van der Waals surface area (Å²) in [6, 6.07) is 7.85. The smallest absolute Gasteiger partial charge is 0.227 e. The first-order chi connectivity index (χ1) is 10.2. The van der Waals surface area contributed by atoms with Crippen LogP contribution in [0.3, 0.4) is 0 Å². The maximum Gasteiger partial charge on any atom is 0.227 e. The molecule has 1 aromatic carbocycles. The highest BCUT2D eigenvalue weighted by Gasteiger charge is 2.27. The average Bonchev–Trinajstić information content (AvgIpc) is 3.04. The minimum absolute atomic E-state index is 0.127. The number of benzene rings is 1. The van der Waals surface area contributed by atoms with E-state index < -0.39 is 0 Å². The minimum atomic E-state index is 0.127. The molecule has 0 atom stereocenters. The van der Waals surface area contributed by atoms with E-state index >= 15 is 0 Å². The van der Waals surface area contributed by atoms with Crippen molar-refractivity contribution in [1.82, 2.24) is 9.80 Å². The number of aromatic hydroxyl groups is 1. The zero-order valence-electron chi connectivity index (χ0n) is 12.5. The first-order valence-corrected chi connectivity index (χ1v) is 8.03. The number of amides is 1. The molecule has 0 bridgehead atoms. The van der Waals surface area contributed by atoms with E-state index in [1.54, 1.807) is 12.1 Å². The molecule has 2 aliphatic rings. The lowest BCUT2D eigenvalue weighted by Gasteiger charge is -2.38. The van der Waals surface area contributed by atoms with Crippen molar-refractivity contribution in [3.05, 3.63) is 29.8 Å². The standard InChI is InChI=1S/C17H24N2O2/c20-16-8-4-1-5-14(16)13-17(21)19-11-9-18(10-12-19)15-6-2-3-7-15/h1,4-5,8,15,20H,2-3,6-7,9-13H2. The first kappa shape index (κ1) is 14.4. The second-order valence-corrected chi connectivity index (χ2v) is 6.16. The number of nitrogens with zero attached hydrogens (tertiary/aromatic N) is 2. The number of carbonyl (C=O) groups excluding carboxylic acids is 1. The predicted octanol–water partition coefficient (Wildman–Crippen LogP) is 2.02. The lowest BCUT2D eigenvalue weighted by atomic mass is 10.1. The van der Waals surface area contributed by atoms with Crippen molar-refractivity contribution in [2.24, 2.45) is 0 Å². The quantitative estimate of drug-likeness (QED) is 0.925. The number of piperazine rings is 1. The fourth-order valence-electron chi connectivity index (χ4n) is 3.54. The Balaban J connectivity index is 1.52. The molecule has 1 saturated heterocycles. The Bertz CT molecular complexity index is 489. The predicted molar refractivity (Wildman–Crippen MR) is 82.2 cm³/mol. The minimum Gasteiger partial charge on any atom is -0.508 e. The summed E-state index contributed by atoms with van der Waals surface area (Å²) in [6.07, 6.45) is 5.67. The molecule has 0 aromatic heterocycles. The molecule has 4 heteroatoms. The molecule has 114 valence electrons. The van der Waals surface area contributed by atoms with Crippen molar-refractivity contribution in [3.63, 3.8) is 0 Å². The van der Waals surface area contributed by atoms with Crippen LogP contribution >= 0.6 is 0 Å². The zero-order chi connectivity index (χ0) is 14.7. The van der Waals surface area contributed by atoms with Crippen LogP contribution in [0.15, 0.2) is 24.3 Å². The summed E-state index contributed by atoms with van der Waals surface area (Å²) in [6.45, 7) is 3.64. The molecule has 1 aliphatic heterocycles. The monoisotopic (exact) mass is 288 g/mol. The van der Waals surface area contributed by atoms with Crippen LogP contribution in [0.1, 0.15) is 31.2 Å². The Hall–Kier alpha value is -1.55. The van der Waals surface area contributed by atoms with E-state index in [9.17, 15) is 9.90 Å². The van der Waals surface area contributed by atoms with Crippen molar-refractivity contribution in [1.29, 1.82) is 0 Å². The van der Waals surface area contributed by atoms with Gasteiger partial charge in [-0.15, -0.1) is 0 Å². The van der Waals surface area contributed by atoms with Crippen molar-refractivity contribution >= 4 is 5.91 Å². The number of phenols is 1. The summed E-state index contributed by atoms with van der Waals surface area (Å²) in [5.41, 5.74) is 0.723. The van der Waals surface area contributed by atoms with Crippen LogP contribution in [0.25, 0.3) is 0 Å². The third kappa shape index (κ3) is 3.38. The Morgan fingerprint density at radius 3 is 2.43 bits per heavy atom. The van der Waals surface area contributed by atoms with Gasteiger partial charge in [0.15, 0.2) is 0 Å². The molecule has 0 unspecified atom stereocenters. The number of hydrogen-bond donors (Lipinski definition) is 1. The second kappa shape index (κ2) is 6.48. The van der Waals surface area contributed by atoms with E-state index in [-0.39, 0.29) is 11.7 Å². The van der Waals surface area contributed by atoms with Crippen LogP contribution in [-0.2, 0) is 11.2 Å². The molecule has 3 rings (SSSR count). The summed E-state index contributed by atoms with van der Waals surface area (Å²) < 4.78 is 0. The van der Waals surface area contributed by atoms with Crippen LogP contribution in [0.5, 0.6) is 5.75 Å². The number of para-hydroxylation sites is 1. The van der Waals surface area contributed by atoms with E-state index in [1.165, 1.54) is 25.7 Å². The summed E-state index contributed by atoms with van der Waals surface area (Å²) in [5.74, 6) is 0.345. The molecule has 1 amide bonds. The molecule has 1 aromatic rings. The average molecular weight is 288 g/mol.